The van der Waals surface area contributed by atoms with Gasteiger partial charge in [-0.3, -0.25) is 4.79 Å². The molecule has 5 nitrogen and oxygen atoms in total. The van der Waals surface area contributed by atoms with Crippen molar-refractivity contribution in [2.75, 3.05) is 23.4 Å². The van der Waals surface area contributed by atoms with Gasteiger partial charge in [0.25, 0.3) is 5.91 Å². The van der Waals surface area contributed by atoms with Crippen molar-refractivity contribution in [3.63, 3.8) is 0 Å². The molecule has 1 unspecified atom stereocenters. The maximum Gasteiger partial charge on any atom is 0.328 e. The van der Waals surface area contributed by atoms with Crippen LogP contribution in [0.15, 0.2) is 54.1 Å². The van der Waals surface area contributed by atoms with Gasteiger partial charge < -0.3 is 15.0 Å². The van der Waals surface area contributed by atoms with Gasteiger partial charge in [0.2, 0.25) is 0 Å². The monoisotopic (exact) mass is 558 g/mol. The normalized spacial score (nSPS) is 16.1. The topological polar surface area (TPSA) is 58.6 Å². The van der Waals surface area contributed by atoms with Crippen LogP contribution in [0.3, 0.4) is 0 Å². The van der Waals surface area contributed by atoms with Crippen LogP contribution in [0.2, 0.25) is 10.0 Å². The minimum absolute atomic E-state index is 0.0378. The number of hydrogen-bond acceptors (Lipinski definition) is 4. The smallest absolute Gasteiger partial charge is 0.328 e. The van der Waals surface area contributed by atoms with Crippen molar-refractivity contribution in [3.05, 3.63) is 67.7 Å². The van der Waals surface area contributed by atoms with E-state index in [2.05, 4.69) is 27.9 Å². The fraction of sp³-hybridized carbons (Fsp3) is 0.273. The van der Waals surface area contributed by atoms with Crippen LogP contribution >= 0.6 is 45.8 Å². The van der Waals surface area contributed by atoms with Gasteiger partial charge in [-0.2, -0.15) is 0 Å². The van der Waals surface area contributed by atoms with E-state index in [9.17, 15) is 9.59 Å². The predicted octanol–water partition coefficient (Wildman–Crippen LogP) is 5.70. The molecule has 1 atom stereocenters. The molecule has 1 aliphatic heterocycles. The van der Waals surface area contributed by atoms with Gasteiger partial charge in [-0.05, 0) is 66.6 Å². The number of anilines is 2. The highest BCUT2D eigenvalue weighted by Crippen LogP contribution is 2.31. The Morgan fingerprint density at radius 1 is 1.30 bits per heavy atom. The number of ether oxygens (including phenoxy) is 1. The van der Waals surface area contributed by atoms with Crippen LogP contribution in [-0.2, 0) is 14.3 Å². The Labute approximate surface area is 199 Å². The van der Waals surface area contributed by atoms with E-state index >= 15 is 0 Å². The zero-order valence-electron chi connectivity index (χ0n) is 16.3. The SMILES string of the molecule is CCOC(=O)C(C/C=C1\CCN(c2ccccc2)C1=O)Nc1cc(Cl)cc(Cl)c1I. The number of carbonyl (C=O) groups excluding carboxylic acids is 2. The highest BCUT2D eigenvalue weighted by molar-refractivity contribution is 14.1. The highest BCUT2D eigenvalue weighted by atomic mass is 127. The average Bonchev–Trinajstić information content (AvgIpc) is 3.09. The van der Waals surface area contributed by atoms with E-state index in [1.165, 1.54) is 0 Å². The summed E-state index contributed by atoms with van der Waals surface area (Å²) in [5.41, 5.74) is 2.20. The molecule has 3 rings (SSSR count). The maximum atomic E-state index is 12.8. The summed E-state index contributed by atoms with van der Waals surface area (Å²) in [6.45, 7) is 2.64. The molecular weight excluding hydrogens is 538 g/mol. The lowest BCUT2D eigenvalue weighted by molar-refractivity contribution is -0.144. The molecule has 1 heterocycles. The number of amides is 1. The largest absolute Gasteiger partial charge is 0.464 e. The molecule has 30 heavy (non-hydrogen) atoms. The van der Waals surface area contributed by atoms with Crippen molar-refractivity contribution in [1.82, 2.24) is 0 Å². The molecule has 0 aliphatic carbocycles. The third-order valence-corrected chi connectivity index (χ3v) is 6.68. The fourth-order valence-corrected chi connectivity index (χ4v) is 4.18. The summed E-state index contributed by atoms with van der Waals surface area (Å²) in [6.07, 6.45) is 2.76. The quantitative estimate of drug-likeness (QED) is 0.205. The summed E-state index contributed by atoms with van der Waals surface area (Å²) < 4.78 is 5.97. The first-order valence-electron chi connectivity index (χ1n) is 9.54. The third-order valence-electron chi connectivity index (χ3n) is 4.69. The first kappa shape index (κ1) is 22.9. The van der Waals surface area contributed by atoms with E-state index in [0.29, 0.717) is 40.7 Å². The van der Waals surface area contributed by atoms with Crippen LogP contribution in [0.25, 0.3) is 0 Å². The van der Waals surface area contributed by atoms with Gasteiger partial charge in [-0.15, -0.1) is 0 Å². The summed E-state index contributed by atoms with van der Waals surface area (Å²) in [4.78, 5) is 27.1. The molecular formula is C22H21Cl2IN2O3. The molecule has 1 saturated heterocycles. The Balaban J connectivity index is 1.78. The molecule has 2 aromatic rings. The fourth-order valence-electron chi connectivity index (χ4n) is 3.22. The van der Waals surface area contributed by atoms with E-state index in [-0.39, 0.29) is 12.5 Å². The number of hydrogen-bond donors (Lipinski definition) is 1. The summed E-state index contributed by atoms with van der Waals surface area (Å²) in [5, 5.41) is 4.14. The molecule has 0 aromatic heterocycles. The van der Waals surface area contributed by atoms with E-state index in [1.807, 2.05) is 36.4 Å². The maximum absolute atomic E-state index is 12.8. The van der Waals surface area contributed by atoms with Crippen LogP contribution in [-0.4, -0.2) is 31.1 Å². The number of rotatable bonds is 7. The van der Waals surface area contributed by atoms with Gasteiger partial charge in [0, 0.05) is 22.8 Å². The Morgan fingerprint density at radius 2 is 2.03 bits per heavy atom. The number of carbonyl (C=O) groups is 2. The lowest BCUT2D eigenvalue weighted by Crippen LogP contribution is -2.31. The summed E-state index contributed by atoms with van der Waals surface area (Å²) in [6, 6.07) is 12.2. The Bertz CT molecular complexity index is 966. The number of para-hydroxylation sites is 1. The molecule has 0 saturated carbocycles. The first-order valence-corrected chi connectivity index (χ1v) is 11.4. The Kier molecular flexibility index (Phi) is 8.02. The minimum Gasteiger partial charge on any atom is -0.464 e. The lowest BCUT2D eigenvalue weighted by atomic mass is 10.1. The number of nitrogens with zero attached hydrogens (tertiary/aromatic N) is 1. The lowest BCUT2D eigenvalue weighted by Gasteiger charge is -2.19. The third kappa shape index (κ3) is 5.47. The summed E-state index contributed by atoms with van der Waals surface area (Å²) in [7, 11) is 0. The number of esters is 1. The molecule has 0 radical (unpaired) electrons. The average molecular weight is 559 g/mol. The Morgan fingerprint density at radius 3 is 2.73 bits per heavy atom. The molecule has 158 valence electrons. The van der Waals surface area contributed by atoms with Crippen molar-refractivity contribution in [1.29, 1.82) is 0 Å². The van der Waals surface area contributed by atoms with Crippen molar-refractivity contribution < 1.29 is 14.3 Å². The predicted molar refractivity (Wildman–Crippen MR) is 129 cm³/mol. The summed E-state index contributed by atoms with van der Waals surface area (Å²) >= 11 is 14.4. The number of benzene rings is 2. The summed E-state index contributed by atoms with van der Waals surface area (Å²) in [5.74, 6) is -0.434. The van der Waals surface area contributed by atoms with Gasteiger partial charge in [0.05, 0.1) is 20.9 Å². The van der Waals surface area contributed by atoms with Gasteiger partial charge >= 0.3 is 5.97 Å². The zero-order chi connectivity index (χ0) is 21.7. The molecule has 1 fully saturated rings. The Hall–Kier alpha value is -1.77. The number of nitrogens with one attached hydrogen (secondary N) is 1. The molecule has 2 aromatic carbocycles. The van der Waals surface area contributed by atoms with Gasteiger partial charge in [0.1, 0.15) is 6.04 Å². The second-order valence-corrected chi connectivity index (χ2v) is 8.63. The molecule has 0 spiro atoms. The van der Waals surface area contributed by atoms with Crippen LogP contribution in [0.4, 0.5) is 11.4 Å². The second kappa shape index (κ2) is 10.5. The van der Waals surface area contributed by atoms with Crippen LogP contribution in [0.1, 0.15) is 19.8 Å². The van der Waals surface area contributed by atoms with Crippen LogP contribution in [0.5, 0.6) is 0 Å². The van der Waals surface area contributed by atoms with Gasteiger partial charge in [0.15, 0.2) is 0 Å². The molecule has 1 N–H and O–H groups in total. The second-order valence-electron chi connectivity index (χ2n) is 6.71. The molecule has 1 aliphatic rings. The molecule has 8 heteroatoms. The zero-order valence-corrected chi connectivity index (χ0v) is 20.0. The van der Waals surface area contributed by atoms with E-state index in [1.54, 1.807) is 24.0 Å². The molecule has 1 amide bonds. The van der Waals surface area contributed by atoms with Crippen LogP contribution < -0.4 is 10.2 Å². The first-order chi connectivity index (χ1) is 14.4. The highest BCUT2D eigenvalue weighted by Gasteiger charge is 2.28. The van der Waals surface area contributed by atoms with E-state index in [0.717, 1.165) is 9.26 Å². The van der Waals surface area contributed by atoms with Crippen LogP contribution in [0, 0.1) is 3.57 Å². The van der Waals surface area contributed by atoms with Crippen molar-refractivity contribution in [3.8, 4) is 0 Å². The van der Waals surface area contributed by atoms with Gasteiger partial charge in [-0.25, -0.2) is 4.79 Å². The van der Waals surface area contributed by atoms with E-state index in [4.69, 9.17) is 27.9 Å². The van der Waals surface area contributed by atoms with Crippen molar-refractivity contribution in [2.45, 2.75) is 25.8 Å². The van der Waals surface area contributed by atoms with Crippen molar-refractivity contribution in [2.24, 2.45) is 0 Å². The standard InChI is InChI=1S/C22H21Cl2IN2O3/c1-2-30-22(29)18(26-19-13-15(23)12-17(24)20(19)25)9-8-14-10-11-27(21(14)28)16-6-4-3-5-7-16/h3-8,12-13,18,26H,2,9-11H2,1H3/b14-8+. The molecule has 0 bridgehead atoms. The van der Waals surface area contributed by atoms with E-state index < -0.39 is 12.0 Å². The number of halogens is 3. The van der Waals surface area contributed by atoms with Crippen molar-refractivity contribution >= 4 is 69.0 Å². The minimum atomic E-state index is -0.668. The van der Waals surface area contributed by atoms with Gasteiger partial charge in [-0.1, -0.05) is 47.5 Å².